The van der Waals surface area contributed by atoms with E-state index in [2.05, 4.69) is 47.8 Å². The molecule has 0 aliphatic rings. The minimum absolute atomic E-state index is 0.498. The molecule has 0 spiro atoms. The highest BCUT2D eigenvalue weighted by Gasteiger charge is 2.13. The van der Waals surface area contributed by atoms with Crippen LogP contribution in [0.1, 0.15) is 29.2 Å². The predicted molar refractivity (Wildman–Crippen MR) is 98.2 cm³/mol. The highest BCUT2D eigenvalue weighted by molar-refractivity contribution is 6.30. The SMILES string of the molecule is Clc1ccc([C@H](CC[NH2+]Cc2ccco2)Cc2ccccc2)cc1. The van der Waals surface area contributed by atoms with E-state index in [-0.39, 0.29) is 0 Å². The van der Waals surface area contributed by atoms with Crippen LogP contribution in [0.25, 0.3) is 0 Å². The van der Waals surface area contributed by atoms with Gasteiger partial charge in [0.2, 0.25) is 0 Å². The van der Waals surface area contributed by atoms with Gasteiger partial charge < -0.3 is 9.73 Å². The number of hydrogen-bond acceptors (Lipinski definition) is 1. The maximum absolute atomic E-state index is 6.04. The van der Waals surface area contributed by atoms with Crippen LogP contribution in [-0.2, 0) is 13.0 Å². The molecule has 0 amide bonds. The van der Waals surface area contributed by atoms with Crippen molar-refractivity contribution in [3.05, 3.63) is 94.9 Å². The summed E-state index contributed by atoms with van der Waals surface area (Å²) in [6.45, 7) is 1.96. The van der Waals surface area contributed by atoms with Crippen LogP contribution in [0.15, 0.2) is 77.4 Å². The fourth-order valence-corrected chi connectivity index (χ4v) is 3.14. The third-order valence-electron chi connectivity index (χ3n) is 4.31. The fourth-order valence-electron chi connectivity index (χ4n) is 3.01. The van der Waals surface area contributed by atoms with Crippen LogP contribution >= 0.6 is 11.6 Å². The molecule has 0 aliphatic heterocycles. The summed E-state index contributed by atoms with van der Waals surface area (Å²) in [6.07, 6.45) is 3.91. The third kappa shape index (κ3) is 4.98. The van der Waals surface area contributed by atoms with Crippen molar-refractivity contribution in [2.75, 3.05) is 6.54 Å². The highest BCUT2D eigenvalue weighted by Crippen LogP contribution is 2.25. The van der Waals surface area contributed by atoms with E-state index in [9.17, 15) is 0 Å². The lowest BCUT2D eigenvalue weighted by Crippen LogP contribution is -2.82. The first-order chi connectivity index (χ1) is 11.8. The van der Waals surface area contributed by atoms with E-state index < -0.39 is 0 Å². The standard InChI is InChI=1S/C21H22ClNO/c22-20-10-8-18(9-11-20)19(15-17-5-2-1-3-6-17)12-13-23-16-21-7-4-14-24-21/h1-11,14,19,23H,12-13,15-16H2/p+1/t19-/m1/s1. The van der Waals surface area contributed by atoms with Crippen molar-refractivity contribution in [3.8, 4) is 0 Å². The van der Waals surface area contributed by atoms with Gasteiger partial charge in [-0.1, -0.05) is 54.1 Å². The average molecular weight is 341 g/mol. The molecule has 0 aliphatic carbocycles. The van der Waals surface area contributed by atoms with E-state index in [1.165, 1.54) is 11.1 Å². The van der Waals surface area contributed by atoms with Gasteiger partial charge in [-0.2, -0.15) is 0 Å². The molecular weight excluding hydrogens is 318 g/mol. The average Bonchev–Trinajstić information content (AvgIpc) is 3.13. The largest absolute Gasteiger partial charge is 0.463 e. The van der Waals surface area contributed by atoms with Gasteiger partial charge in [0.15, 0.2) is 5.76 Å². The molecule has 0 bridgehead atoms. The van der Waals surface area contributed by atoms with Gasteiger partial charge in [-0.05, 0) is 47.7 Å². The van der Waals surface area contributed by atoms with Crippen molar-refractivity contribution in [2.24, 2.45) is 0 Å². The maximum Gasteiger partial charge on any atom is 0.157 e. The van der Waals surface area contributed by atoms with E-state index in [0.717, 1.165) is 36.7 Å². The summed E-state index contributed by atoms with van der Waals surface area (Å²) in [7, 11) is 0. The smallest absolute Gasteiger partial charge is 0.157 e. The van der Waals surface area contributed by atoms with Gasteiger partial charge in [-0.3, -0.25) is 0 Å². The van der Waals surface area contributed by atoms with Gasteiger partial charge >= 0.3 is 0 Å². The van der Waals surface area contributed by atoms with Crippen molar-refractivity contribution in [1.29, 1.82) is 0 Å². The number of benzene rings is 2. The monoisotopic (exact) mass is 340 g/mol. The predicted octanol–water partition coefficient (Wildman–Crippen LogP) is 4.41. The van der Waals surface area contributed by atoms with Gasteiger partial charge in [0.25, 0.3) is 0 Å². The van der Waals surface area contributed by atoms with E-state index in [1.54, 1.807) is 6.26 Å². The van der Waals surface area contributed by atoms with Crippen LogP contribution < -0.4 is 5.32 Å². The van der Waals surface area contributed by atoms with Gasteiger partial charge in [0.1, 0.15) is 6.54 Å². The van der Waals surface area contributed by atoms with Crippen molar-refractivity contribution in [1.82, 2.24) is 0 Å². The number of halogens is 1. The Morgan fingerprint density at radius 1 is 0.917 bits per heavy atom. The zero-order chi connectivity index (χ0) is 16.6. The second kappa shape index (κ2) is 8.72. The Balaban J connectivity index is 1.61. The number of rotatable bonds is 8. The Kier molecular flexibility index (Phi) is 6.11. The summed E-state index contributed by atoms with van der Waals surface area (Å²) in [4.78, 5) is 0. The van der Waals surface area contributed by atoms with Crippen LogP contribution in [0.3, 0.4) is 0 Å². The van der Waals surface area contributed by atoms with Crippen molar-refractivity contribution < 1.29 is 9.73 Å². The lowest BCUT2D eigenvalue weighted by atomic mass is 9.89. The van der Waals surface area contributed by atoms with Gasteiger partial charge in [0, 0.05) is 11.4 Å². The summed E-state index contributed by atoms with van der Waals surface area (Å²) in [5.74, 6) is 1.53. The fraction of sp³-hybridized carbons (Fsp3) is 0.238. The molecule has 0 saturated heterocycles. The molecule has 2 N–H and O–H groups in total. The van der Waals surface area contributed by atoms with Crippen LogP contribution in [0, 0.1) is 0 Å². The van der Waals surface area contributed by atoms with Crippen LogP contribution in [0.2, 0.25) is 5.02 Å². The molecule has 0 saturated carbocycles. The quantitative estimate of drug-likeness (QED) is 0.605. The molecular formula is C21H23ClNO+. The Morgan fingerprint density at radius 3 is 2.42 bits per heavy atom. The minimum atomic E-state index is 0.498. The van der Waals surface area contributed by atoms with E-state index >= 15 is 0 Å². The zero-order valence-corrected chi connectivity index (χ0v) is 14.5. The molecule has 0 fully saturated rings. The molecule has 124 valence electrons. The van der Waals surface area contributed by atoms with Crippen LogP contribution in [-0.4, -0.2) is 6.54 Å². The highest BCUT2D eigenvalue weighted by atomic mass is 35.5. The van der Waals surface area contributed by atoms with Crippen LogP contribution in [0.5, 0.6) is 0 Å². The van der Waals surface area contributed by atoms with Crippen molar-refractivity contribution in [3.63, 3.8) is 0 Å². The number of furan rings is 1. The summed E-state index contributed by atoms with van der Waals surface area (Å²) >= 11 is 6.04. The first-order valence-corrected chi connectivity index (χ1v) is 8.82. The molecule has 3 rings (SSSR count). The molecule has 0 radical (unpaired) electrons. The van der Waals surface area contributed by atoms with Crippen molar-refractivity contribution >= 4 is 11.6 Å². The summed E-state index contributed by atoms with van der Waals surface area (Å²) in [5, 5.41) is 3.11. The Morgan fingerprint density at radius 2 is 1.71 bits per heavy atom. The molecule has 3 heteroatoms. The van der Waals surface area contributed by atoms with E-state index in [0.29, 0.717) is 5.92 Å². The van der Waals surface area contributed by atoms with Gasteiger partial charge in [-0.15, -0.1) is 0 Å². The molecule has 24 heavy (non-hydrogen) atoms. The number of hydrogen-bond donors (Lipinski definition) is 1. The Bertz CT molecular complexity index is 707. The molecule has 3 aromatic rings. The second-order valence-electron chi connectivity index (χ2n) is 6.09. The maximum atomic E-state index is 6.04. The lowest BCUT2D eigenvalue weighted by Gasteiger charge is -2.17. The van der Waals surface area contributed by atoms with Gasteiger partial charge in [-0.25, -0.2) is 0 Å². The lowest BCUT2D eigenvalue weighted by molar-refractivity contribution is -0.672. The molecule has 2 nitrogen and oxygen atoms in total. The topological polar surface area (TPSA) is 29.8 Å². The third-order valence-corrected chi connectivity index (χ3v) is 4.56. The minimum Gasteiger partial charge on any atom is -0.463 e. The molecule has 0 unspecified atom stereocenters. The van der Waals surface area contributed by atoms with Crippen molar-refractivity contribution in [2.45, 2.75) is 25.3 Å². The zero-order valence-electron chi connectivity index (χ0n) is 13.7. The van der Waals surface area contributed by atoms with E-state index in [4.69, 9.17) is 16.0 Å². The first-order valence-electron chi connectivity index (χ1n) is 8.44. The summed E-state index contributed by atoms with van der Waals surface area (Å²) < 4.78 is 5.39. The molecule has 1 atom stereocenters. The number of nitrogens with two attached hydrogens (primary N) is 1. The van der Waals surface area contributed by atoms with E-state index in [1.807, 2.05) is 24.3 Å². The normalized spacial score (nSPS) is 12.2. The van der Waals surface area contributed by atoms with Crippen LogP contribution in [0.4, 0.5) is 0 Å². The Hall–Kier alpha value is -2.03. The first kappa shape index (κ1) is 16.8. The summed E-state index contributed by atoms with van der Waals surface area (Å²) in [5.41, 5.74) is 2.73. The second-order valence-corrected chi connectivity index (χ2v) is 6.52. The molecule has 2 aromatic carbocycles. The van der Waals surface area contributed by atoms with Gasteiger partial charge in [0.05, 0.1) is 12.8 Å². The molecule has 1 heterocycles. The number of quaternary nitrogens is 1. The summed E-state index contributed by atoms with van der Waals surface area (Å²) in [6, 6.07) is 22.9. The Labute approximate surface area is 148 Å². The molecule has 1 aromatic heterocycles.